The molecule has 0 radical (unpaired) electrons. The number of carbonyl (C=O) groups is 1. The van der Waals surface area contributed by atoms with Crippen LogP contribution in [0.3, 0.4) is 0 Å². The summed E-state index contributed by atoms with van der Waals surface area (Å²) in [6.45, 7) is 3.39. The molecule has 2 aromatic rings. The number of carbonyl (C=O) groups excluding carboxylic acids is 1. The lowest BCUT2D eigenvalue weighted by Gasteiger charge is -2.23. The molecule has 0 saturated heterocycles. The molecule has 2 N–H and O–H groups in total. The van der Waals surface area contributed by atoms with Gasteiger partial charge in [-0.15, -0.1) is 11.3 Å². The number of nitrogens with two attached hydrogens (primary N) is 1. The maximum Gasteiger partial charge on any atom is 0.289 e. The smallest absolute Gasteiger partial charge is 0.289 e. The fraction of sp³-hybridized carbons (Fsp3) is 0.357. The Morgan fingerprint density at radius 3 is 2.68 bits per heavy atom. The van der Waals surface area contributed by atoms with Crippen LogP contribution in [0, 0.1) is 6.92 Å². The molecule has 0 fully saturated rings. The maximum atomic E-state index is 12.4. The topological polar surface area (TPSA) is 93.6 Å². The van der Waals surface area contributed by atoms with Crippen LogP contribution in [-0.4, -0.2) is 32.3 Å². The second-order valence-corrected chi connectivity index (χ2v) is 7.69. The van der Waals surface area contributed by atoms with E-state index >= 15 is 0 Å². The molecule has 1 amide bonds. The minimum absolute atomic E-state index is 0.0259. The number of nitrogens with zero attached hydrogens (tertiary/aromatic N) is 1. The summed E-state index contributed by atoms with van der Waals surface area (Å²) in [6, 6.07) is 5.11. The molecule has 2 rings (SSSR count). The first-order valence-electron chi connectivity index (χ1n) is 6.63. The van der Waals surface area contributed by atoms with Gasteiger partial charge in [0.2, 0.25) is 10.0 Å². The molecule has 120 valence electrons. The van der Waals surface area contributed by atoms with Gasteiger partial charge in [0.15, 0.2) is 5.76 Å². The molecule has 0 bridgehead atoms. The highest BCUT2D eigenvalue weighted by molar-refractivity contribution is 7.89. The summed E-state index contributed by atoms with van der Waals surface area (Å²) in [6.07, 6.45) is 0.724. The maximum absolute atomic E-state index is 12.4. The average Bonchev–Trinajstić information content (AvgIpc) is 3.05. The van der Waals surface area contributed by atoms with Crippen molar-refractivity contribution in [2.75, 3.05) is 7.05 Å². The minimum atomic E-state index is -3.90. The van der Waals surface area contributed by atoms with Gasteiger partial charge in [-0.05, 0) is 25.3 Å². The summed E-state index contributed by atoms with van der Waals surface area (Å²) >= 11 is 1.63. The van der Waals surface area contributed by atoms with Gasteiger partial charge in [0, 0.05) is 30.5 Å². The molecule has 0 saturated carbocycles. The number of aryl methyl sites for hydroxylation is 1. The monoisotopic (exact) mass is 342 g/mol. The number of thiophene rings is 1. The van der Waals surface area contributed by atoms with E-state index < -0.39 is 10.0 Å². The predicted molar refractivity (Wildman–Crippen MR) is 84.4 cm³/mol. The lowest BCUT2D eigenvalue weighted by atomic mass is 10.2. The van der Waals surface area contributed by atoms with Gasteiger partial charge in [-0.2, -0.15) is 0 Å². The first kappa shape index (κ1) is 16.7. The van der Waals surface area contributed by atoms with E-state index in [-0.39, 0.29) is 28.4 Å². The number of sulfonamides is 1. The van der Waals surface area contributed by atoms with E-state index in [4.69, 9.17) is 9.56 Å². The molecule has 22 heavy (non-hydrogen) atoms. The molecular weight excluding hydrogens is 324 g/mol. The van der Waals surface area contributed by atoms with E-state index in [1.54, 1.807) is 18.4 Å². The fourth-order valence-corrected chi connectivity index (χ4v) is 3.62. The zero-order chi connectivity index (χ0) is 16.5. The average molecular weight is 342 g/mol. The van der Waals surface area contributed by atoms with Crippen LogP contribution in [0.4, 0.5) is 0 Å². The van der Waals surface area contributed by atoms with Crippen molar-refractivity contribution in [3.8, 4) is 0 Å². The van der Waals surface area contributed by atoms with E-state index in [9.17, 15) is 13.2 Å². The number of furan rings is 1. The van der Waals surface area contributed by atoms with Gasteiger partial charge in [-0.3, -0.25) is 4.79 Å². The number of hydrogen-bond acceptors (Lipinski definition) is 5. The van der Waals surface area contributed by atoms with Crippen molar-refractivity contribution in [2.24, 2.45) is 5.14 Å². The highest BCUT2D eigenvalue weighted by Crippen LogP contribution is 2.21. The molecule has 2 aromatic heterocycles. The lowest BCUT2D eigenvalue weighted by molar-refractivity contribution is 0.0710. The second kappa shape index (κ2) is 6.23. The fourth-order valence-electron chi connectivity index (χ4n) is 2.08. The van der Waals surface area contributed by atoms with Crippen LogP contribution in [0.2, 0.25) is 0 Å². The van der Waals surface area contributed by atoms with E-state index in [0.29, 0.717) is 0 Å². The largest absolute Gasteiger partial charge is 0.455 e. The predicted octanol–water partition coefficient (Wildman–Crippen LogP) is 2.00. The van der Waals surface area contributed by atoms with Gasteiger partial charge in [-0.25, -0.2) is 13.6 Å². The number of rotatable bonds is 5. The van der Waals surface area contributed by atoms with Crippen LogP contribution in [0.5, 0.6) is 0 Å². The Morgan fingerprint density at radius 2 is 2.18 bits per heavy atom. The Balaban J connectivity index is 2.17. The number of likely N-dealkylation sites (N-methyl/N-ethyl adjacent to an activating group) is 1. The van der Waals surface area contributed by atoms with Crippen molar-refractivity contribution < 1.29 is 17.6 Å². The highest BCUT2D eigenvalue weighted by Gasteiger charge is 2.25. The molecule has 0 aliphatic rings. The van der Waals surface area contributed by atoms with Crippen LogP contribution in [0.15, 0.2) is 32.9 Å². The third-order valence-corrected chi connectivity index (χ3v) is 5.36. The van der Waals surface area contributed by atoms with E-state index in [0.717, 1.165) is 6.42 Å². The van der Waals surface area contributed by atoms with Crippen LogP contribution in [-0.2, 0) is 16.4 Å². The van der Waals surface area contributed by atoms with Crippen molar-refractivity contribution in [3.05, 3.63) is 40.0 Å². The first-order valence-corrected chi connectivity index (χ1v) is 9.05. The van der Waals surface area contributed by atoms with Gasteiger partial charge in [0.1, 0.15) is 10.7 Å². The summed E-state index contributed by atoms with van der Waals surface area (Å²) in [5.74, 6) is -0.283. The Kier molecular flexibility index (Phi) is 4.74. The lowest BCUT2D eigenvalue weighted by Crippen LogP contribution is -2.36. The molecule has 0 aromatic carbocycles. The van der Waals surface area contributed by atoms with E-state index in [1.807, 2.05) is 24.4 Å². The molecule has 0 spiro atoms. The molecule has 6 nitrogen and oxygen atoms in total. The van der Waals surface area contributed by atoms with Gasteiger partial charge in [0.25, 0.3) is 5.91 Å². The number of hydrogen-bond donors (Lipinski definition) is 1. The van der Waals surface area contributed by atoms with Crippen molar-refractivity contribution in [3.63, 3.8) is 0 Å². The second-order valence-electron chi connectivity index (χ2n) is 5.12. The molecule has 0 aliphatic heterocycles. The Bertz CT molecular complexity index is 763. The van der Waals surface area contributed by atoms with Crippen LogP contribution >= 0.6 is 11.3 Å². The van der Waals surface area contributed by atoms with Crippen molar-refractivity contribution in [1.29, 1.82) is 0 Å². The molecule has 0 unspecified atom stereocenters. The summed E-state index contributed by atoms with van der Waals surface area (Å²) in [4.78, 5) is 15.0. The quantitative estimate of drug-likeness (QED) is 0.899. The summed E-state index contributed by atoms with van der Waals surface area (Å²) in [5.41, 5.74) is 0. The summed E-state index contributed by atoms with van der Waals surface area (Å²) < 4.78 is 28.1. The van der Waals surface area contributed by atoms with Crippen LogP contribution < -0.4 is 5.14 Å². The van der Waals surface area contributed by atoms with Crippen molar-refractivity contribution in [1.82, 2.24) is 4.90 Å². The van der Waals surface area contributed by atoms with Crippen molar-refractivity contribution >= 4 is 27.3 Å². The van der Waals surface area contributed by atoms with E-state index in [1.165, 1.54) is 22.8 Å². The molecule has 8 heteroatoms. The van der Waals surface area contributed by atoms with Gasteiger partial charge in [-0.1, -0.05) is 6.07 Å². The van der Waals surface area contributed by atoms with Gasteiger partial charge < -0.3 is 9.32 Å². The van der Waals surface area contributed by atoms with Gasteiger partial charge in [0.05, 0.1) is 0 Å². The molecular formula is C14H18N2O4S2. The zero-order valence-electron chi connectivity index (χ0n) is 12.6. The third-order valence-electron chi connectivity index (χ3n) is 3.45. The first-order chi connectivity index (χ1) is 10.2. The Hall–Kier alpha value is -1.64. The zero-order valence-corrected chi connectivity index (χ0v) is 14.2. The Labute approximate surface area is 133 Å². The molecule has 0 aliphatic carbocycles. The number of amides is 1. The van der Waals surface area contributed by atoms with Crippen LogP contribution in [0.25, 0.3) is 0 Å². The SMILES string of the molecule is Cc1oc(C(=O)N(C)[C@@H](C)Cc2cccs2)cc1S(N)(=O)=O. The van der Waals surface area contributed by atoms with E-state index in [2.05, 4.69) is 0 Å². The standard InChI is InChI=1S/C14H18N2O4S2/c1-9(7-11-5-4-6-21-11)16(3)14(17)12-8-13(10(2)20-12)22(15,18)19/h4-6,8-9H,7H2,1-3H3,(H2,15,18,19)/t9-/m0/s1. The van der Waals surface area contributed by atoms with Gasteiger partial charge >= 0.3 is 0 Å². The molecule has 1 atom stereocenters. The van der Waals surface area contributed by atoms with Crippen LogP contribution in [0.1, 0.15) is 28.1 Å². The normalized spacial score (nSPS) is 13.1. The summed E-state index contributed by atoms with van der Waals surface area (Å²) in [5, 5.41) is 7.07. The Morgan fingerprint density at radius 1 is 1.50 bits per heavy atom. The van der Waals surface area contributed by atoms with Crippen molar-refractivity contribution in [2.45, 2.75) is 31.2 Å². The molecule has 2 heterocycles. The minimum Gasteiger partial charge on any atom is -0.455 e. The highest BCUT2D eigenvalue weighted by atomic mass is 32.2. The number of primary sulfonamides is 1. The summed E-state index contributed by atoms with van der Waals surface area (Å²) in [7, 11) is -2.23. The third kappa shape index (κ3) is 3.57.